The van der Waals surface area contributed by atoms with Gasteiger partial charge in [0.25, 0.3) is 5.56 Å². The zero-order valence-corrected chi connectivity index (χ0v) is 12.2. The number of rotatable bonds is 3. The molecule has 3 saturated carbocycles. The molecule has 0 aliphatic heterocycles. The number of hydrogen-bond acceptors (Lipinski definition) is 3. The van der Waals surface area contributed by atoms with Crippen LogP contribution in [-0.2, 0) is 10.2 Å². The van der Waals surface area contributed by atoms with Crippen LogP contribution in [0.15, 0.2) is 23.0 Å². The molecule has 1 heterocycles. The van der Waals surface area contributed by atoms with E-state index in [0.29, 0.717) is 10.9 Å². The van der Waals surface area contributed by atoms with Gasteiger partial charge in [0.2, 0.25) is 0 Å². The number of nitrogens with one attached hydrogen (secondary N) is 1. The van der Waals surface area contributed by atoms with Crippen LogP contribution in [0.4, 0.5) is 4.39 Å². The van der Waals surface area contributed by atoms with E-state index in [9.17, 15) is 14.0 Å². The van der Waals surface area contributed by atoms with E-state index in [1.165, 1.54) is 6.07 Å². The molecule has 1 aromatic heterocycles. The molecule has 5 rings (SSSR count). The molecule has 0 atom stereocenters. The third kappa shape index (κ3) is 1.68. The summed E-state index contributed by atoms with van der Waals surface area (Å²) in [5, 5.41) is 0.510. The molecule has 0 amide bonds. The van der Waals surface area contributed by atoms with Gasteiger partial charge in [-0.05, 0) is 49.1 Å². The summed E-state index contributed by atoms with van der Waals surface area (Å²) in [6, 6.07) is 4.97. The van der Waals surface area contributed by atoms with Gasteiger partial charge in [-0.2, -0.15) is 0 Å². The van der Waals surface area contributed by atoms with E-state index >= 15 is 0 Å². The highest BCUT2D eigenvalue weighted by atomic mass is 19.1. The molecule has 114 valence electrons. The molecule has 0 unspecified atom stereocenters. The van der Waals surface area contributed by atoms with E-state index in [-0.39, 0.29) is 28.9 Å². The number of carbonyl (C=O) groups excluding carboxylic acids is 1. The van der Waals surface area contributed by atoms with E-state index in [1.807, 2.05) is 0 Å². The van der Waals surface area contributed by atoms with Crippen LogP contribution in [0.5, 0.6) is 0 Å². The highest BCUT2D eigenvalue weighted by molar-refractivity contribution is 5.93. The summed E-state index contributed by atoms with van der Waals surface area (Å²) in [5.41, 5.74) is 0.161. The van der Waals surface area contributed by atoms with Gasteiger partial charge in [0, 0.05) is 5.39 Å². The maximum atomic E-state index is 14.8. The van der Waals surface area contributed by atoms with E-state index < -0.39 is 11.5 Å². The van der Waals surface area contributed by atoms with Gasteiger partial charge in [-0.3, -0.25) is 4.79 Å². The van der Waals surface area contributed by atoms with Crippen molar-refractivity contribution in [2.75, 3.05) is 6.61 Å². The van der Waals surface area contributed by atoms with Gasteiger partial charge in [0.05, 0.1) is 12.1 Å². The number of ether oxygens (including phenoxy) is 1. The van der Waals surface area contributed by atoms with Crippen LogP contribution >= 0.6 is 0 Å². The molecule has 3 aliphatic carbocycles. The first-order valence-corrected chi connectivity index (χ1v) is 7.57. The number of carbonyl (C=O) groups is 1. The zero-order chi connectivity index (χ0) is 15.5. The molecule has 2 aromatic rings. The Bertz CT molecular complexity index is 838. The molecule has 1 N–H and O–H groups in total. The van der Waals surface area contributed by atoms with Crippen molar-refractivity contribution in [3.8, 4) is 0 Å². The number of esters is 1. The highest BCUT2D eigenvalue weighted by Gasteiger charge is 2.58. The summed E-state index contributed by atoms with van der Waals surface area (Å²) >= 11 is 0. The SMILES string of the molecule is CCOC(=O)c1cc2ccc(C34CC(C3)C4)c(F)c2[nH]c1=O. The fraction of sp³-hybridized carbons (Fsp3) is 0.412. The Morgan fingerprint density at radius 1 is 1.41 bits per heavy atom. The monoisotopic (exact) mass is 301 g/mol. The summed E-state index contributed by atoms with van der Waals surface area (Å²) in [6.07, 6.45) is 3.13. The van der Waals surface area contributed by atoms with Gasteiger partial charge in [-0.1, -0.05) is 12.1 Å². The minimum Gasteiger partial charge on any atom is -0.462 e. The van der Waals surface area contributed by atoms with Gasteiger partial charge in [0.15, 0.2) is 5.82 Å². The highest BCUT2D eigenvalue weighted by Crippen LogP contribution is 2.65. The lowest BCUT2D eigenvalue weighted by atomic mass is 9.42. The number of aromatic amines is 1. The van der Waals surface area contributed by atoms with Crippen LogP contribution in [0, 0.1) is 11.7 Å². The molecular weight excluding hydrogens is 285 g/mol. The van der Waals surface area contributed by atoms with Crippen molar-refractivity contribution < 1.29 is 13.9 Å². The average molecular weight is 301 g/mol. The van der Waals surface area contributed by atoms with Crippen LogP contribution in [0.2, 0.25) is 0 Å². The number of hydrogen-bond donors (Lipinski definition) is 1. The lowest BCUT2D eigenvalue weighted by molar-refractivity contribution is -0.0298. The van der Waals surface area contributed by atoms with Crippen molar-refractivity contribution in [2.45, 2.75) is 31.6 Å². The number of fused-ring (bicyclic) bond motifs is 1. The van der Waals surface area contributed by atoms with E-state index in [0.717, 1.165) is 25.2 Å². The molecule has 0 radical (unpaired) electrons. The largest absolute Gasteiger partial charge is 0.462 e. The fourth-order valence-corrected chi connectivity index (χ4v) is 3.82. The molecule has 0 spiro atoms. The van der Waals surface area contributed by atoms with E-state index in [2.05, 4.69) is 4.98 Å². The Labute approximate surface area is 126 Å². The van der Waals surface area contributed by atoms with Gasteiger partial charge in [0.1, 0.15) is 5.56 Å². The lowest BCUT2D eigenvalue weighted by Gasteiger charge is -2.62. The molecule has 1 aromatic carbocycles. The van der Waals surface area contributed by atoms with Gasteiger partial charge >= 0.3 is 5.97 Å². The van der Waals surface area contributed by atoms with Gasteiger partial charge in [-0.25, -0.2) is 9.18 Å². The maximum Gasteiger partial charge on any atom is 0.343 e. The van der Waals surface area contributed by atoms with Crippen LogP contribution in [-0.4, -0.2) is 17.6 Å². The topological polar surface area (TPSA) is 59.2 Å². The van der Waals surface area contributed by atoms with Crippen LogP contribution in [0.1, 0.15) is 42.1 Å². The molecule has 3 fully saturated rings. The zero-order valence-electron chi connectivity index (χ0n) is 12.2. The first-order valence-electron chi connectivity index (χ1n) is 7.57. The third-order valence-corrected chi connectivity index (χ3v) is 5.06. The predicted octanol–water partition coefficient (Wildman–Crippen LogP) is 2.90. The van der Waals surface area contributed by atoms with Gasteiger partial charge in [-0.15, -0.1) is 0 Å². The average Bonchev–Trinajstić information content (AvgIpc) is 2.39. The Kier molecular flexibility index (Phi) is 2.71. The van der Waals surface area contributed by atoms with E-state index in [4.69, 9.17) is 4.74 Å². The second-order valence-electron chi connectivity index (χ2n) is 6.38. The smallest absolute Gasteiger partial charge is 0.343 e. The second-order valence-corrected chi connectivity index (χ2v) is 6.38. The summed E-state index contributed by atoms with van der Waals surface area (Å²) < 4.78 is 19.6. The van der Waals surface area contributed by atoms with Crippen molar-refractivity contribution in [1.29, 1.82) is 0 Å². The first-order chi connectivity index (χ1) is 10.5. The molecule has 2 bridgehead atoms. The van der Waals surface area contributed by atoms with Crippen molar-refractivity contribution >= 4 is 16.9 Å². The Morgan fingerprint density at radius 2 is 2.14 bits per heavy atom. The minimum atomic E-state index is -0.686. The van der Waals surface area contributed by atoms with Crippen LogP contribution < -0.4 is 5.56 Å². The molecule has 22 heavy (non-hydrogen) atoms. The summed E-state index contributed by atoms with van der Waals surface area (Å²) in [6.45, 7) is 1.86. The van der Waals surface area contributed by atoms with Crippen LogP contribution in [0.25, 0.3) is 10.9 Å². The maximum absolute atomic E-state index is 14.8. The van der Waals surface area contributed by atoms with Crippen molar-refractivity contribution in [3.05, 3.63) is 45.5 Å². The number of benzene rings is 1. The lowest BCUT2D eigenvalue weighted by Crippen LogP contribution is -2.55. The third-order valence-electron chi connectivity index (χ3n) is 5.06. The Hall–Kier alpha value is -2.17. The molecular formula is C17H16FNO3. The van der Waals surface area contributed by atoms with E-state index in [1.54, 1.807) is 19.1 Å². The molecule has 0 saturated heterocycles. The van der Waals surface area contributed by atoms with Crippen molar-refractivity contribution in [3.63, 3.8) is 0 Å². The minimum absolute atomic E-state index is 0.0142. The summed E-state index contributed by atoms with van der Waals surface area (Å²) in [5.74, 6) is -0.293. The van der Waals surface area contributed by atoms with Crippen LogP contribution in [0.3, 0.4) is 0 Å². The van der Waals surface area contributed by atoms with Crippen molar-refractivity contribution in [1.82, 2.24) is 4.98 Å². The summed E-state index contributed by atoms with van der Waals surface area (Å²) in [4.78, 5) is 26.3. The predicted molar refractivity (Wildman–Crippen MR) is 79.5 cm³/mol. The fourth-order valence-electron chi connectivity index (χ4n) is 3.82. The normalized spacial score (nSPS) is 25.5. The number of aromatic nitrogens is 1. The summed E-state index contributed by atoms with van der Waals surface area (Å²) in [7, 11) is 0. The standard InChI is InChI=1S/C17H16FNO3/c1-2-22-16(21)11-5-10-3-4-12(17-6-9(7-17)8-17)13(18)14(10)19-15(11)20/h3-5,9H,2,6-8H2,1H3,(H,19,20). The number of pyridine rings is 1. The second kappa shape index (κ2) is 4.41. The van der Waals surface area contributed by atoms with Gasteiger partial charge < -0.3 is 9.72 Å². The molecule has 4 nitrogen and oxygen atoms in total. The van der Waals surface area contributed by atoms with Crippen molar-refractivity contribution in [2.24, 2.45) is 5.92 Å². The molecule has 5 heteroatoms. The Balaban J connectivity index is 1.84. The molecule has 3 aliphatic rings. The number of halogens is 1. The number of H-pyrrole nitrogens is 1. The Morgan fingerprint density at radius 3 is 2.73 bits per heavy atom. The quantitative estimate of drug-likeness (QED) is 0.887. The first kappa shape index (κ1) is 13.5.